The lowest BCUT2D eigenvalue weighted by Gasteiger charge is -2.32. The van der Waals surface area contributed by atoms with Gasteiger partial charge >= 0.3 is 13.1 Å². The lowest BCUT2D eigenvalue weighted by molar-refractivity contribution is -0.148. The molecular weight excluding hydrogens is 291 g/mol. The van der Waals surface area contributed by atoms with Gasteiger partial charge in [-0.1, -0.05) is 25.2 Å². The van der Waals surface area contributed by atoms with Crippen molar-refractivity contribution in [1.29, 1.82) is 0 Å². The van der Waals surface area contributed by atoms with Gasteiger partial charge in [-0.3, -0.25) is 0 Å². The summed E-state index contributed by atoms with van der Waals surface area (Å²) in [6, 6.07) is 0. The quantitative estimate of drug-likeness (QED) is 0.330. The topological polar surface area (TPSA) is 44.8 Å². The molecule has 0 radical (unpaired) electrons. The highest BCUT2D eigenvalue weighted by Crippen LogP contribution is 2.37. The van der Waals surface area contributed by atoms with E-state index in [9.17, 15) is 4.79 Å². The molecule has 0 aliphatic carbocycles. The van der Waals surface area contributed by atoms with Crippen LogP contribution in [0, 0.1) is 5.92 Å². The van der Waals surface area contributed by atoms with E-state index in [0.717, 1.165) is 0 Å². The zero-order chi connectivity index (χ0) is 17.9. The second kappa shape index (κ2) is 7.22. The first-order valence-corrected chi connectivity index (χ1v) is 8.26. The zero-order valence-corrected chi connectivity index (χ0v) is 15.8. The Kier molecular flexibility index (Phi) is 6.28. The van der Waals surface area contributed by atoms with Crippen LogP contribution in [-0.2, 0) is 18.8 Å². The average molecular weight is 322 g/mol. The summed E-state index contributed by atoms with van der Waals surface area (Å²) in [5.41, 5.74) is -1.06. The van der Waals surface area contributed by atoms with Crippen LogP contribution in [0.3, 0.4) is 0 Å². The van der Waals surface area contributed by atoms with E-state index in [1.54, 1.807) is 0 Å². The molecule has 1 aliphatic heterocycles. The van der Waals surface area contributed by atoms with E-state index in [4.69, 9.17) is 14.0 Å². The van der Waals surface area contributed by atoms with Gasteiger partial charge in [-0.15, -0.1) is 0 Å². The summed E-state index contributed by atoms with van der Waals surface area (Å²) in [5.74, 6) is -0.173. The molecule has 1 fully saturated rings. The molecule has 1 saturated heterocycles. The summed E-state index contributed by atoms with van der Waals surface area (Å²) in [6.07, 6.45) is 8.07. The normalized spacial score (nSPS) is 22.0. The fourth-order valence-electron chi connectivity index (χ4n) is 2.10. The molecule has 0 aromatic carbocycles. The molecule has 0 N–H and O–H groups in total. The Morgan fingerprint density at radius 1 is 1.13 bits per heavy atom. The van der Waals surface area contributed by atoms with Crippen molar-refractivity contribution in [2.45, 2.75) is 78.5 Å². The summed E-state index contributed by atoms with van der Waals surface area (Å²) < 4.78 is 17.1. The van der Waals surface area contributed by atoms with Crippen molar-refractivity contribution in [2.24, 2.45) is 5.92 Å². The Hall–Kier alpha value is -1.07. The third kappa shape index (κ3) is 6.52. The van der Waals surface area contributed by atoms with Gasteiger partial charge in [0.25, 0.3) is 0 Å². The highest BCUT2D eigenvalue weighted by molar-refractivity contribution is 6.46. The second-order valence-corrected chi connectivity index (χ2v) is 8.10. The molecule has 0 aromatic rings. The molecule has 1 heterocycles. The molecule has 130 valence electrons. The summed E-state index contributed by atoms with van der Waals surface area (Å²) in [6.45, 7) is 15.8. The van der Waals surface area contributed by atoms with E-state index in [1.165, 1.54) is 6.08 Å². The maximum absolute atomic E-state index is 11.6. The predicted molar refractivity (Wildman–Crippen MR) is 94.2 cm³/mol. The first-order chi connectivity index (χ1) is 10.3. The second-order valence-electron chi connectivity index (χ2n) is 8.10. The molecular formula is C18H31BO4. The number of esters is 1. The molecule has 23 heavy (non-hydrogen) atoms. The van der Waals surface area contributed by atoms with Gasteiger partial charge in [-0.2, -0.15) is 0 Å². The Balaban J connectivity index is 2.42. The third-order valence-electron chi connectivity index (χ3n) is 4.01. The highest BCUT2D eigenvalue weighted by atomic mass is 16.7. The SMILES string of the molecule is CC(/C=C\CB1OC(C)(C)C(C)(C)O1)/C=C/C(=O)OC(C)(C)C. The molecule has 5 heteroatoms. The summed E-state index contributed by atoms with van der Waals surface area (Å²) in [5, 5.41) is 0. The van der Waals surface area contributed by atoms with Crippen LogP contribution in [-0.4, -0.2) is 29.9 Å². The van der Waals surface area contributed by atoms with Crippen LogP contribution in [0.2, 0.25) is 6.32 Å². The Morgan fingerprint density at radius 2 is 1.65 bits per heavy atom. The van der Waals surface area contributed by atoms with E-state index >= 15 is 0 Å². The first-order valence-electron chi connectivity index (χ1n) is 8.26. The van der Waals surface area contributed by atoms with Crippen LogP contribution in [0.1, 0.15) is 55.4 Å². The number of hydrogen-bond donors (Lipinski definition) is 0. The average Bonchev–Trinajstić information content (AvgIpc) is 2.53. The molecule has 1 aliphatic rings. The van der Waals surface area contributed by atoms with Crippen molar-refractivity contribution >= 4 is 13.1 Å². The van der Waals surface area contributed by atoms with Crippen LogP contribution in [0.4, 0.5) is 0 Å². The maximum atomic E-state index is 11.6. The van der Waals surface area contributed by atoms with Gasteiger partial charge in [0.15, 0.2) is 0 Å². The molecule has 1 atom stereocenters. The summed E-state index contributed by atoms with van der Waals surface area (Å²) in [4.78, 5) is 11.6. The Bertz CT molecular complexity index is 456. The number of carbonyl (C=O) groups excluding carboxylic acids is 1. The van der Waals surface area contributed by atoms with Crippen LogP contribution < -0.4 is 0 Å². The van der Waals surface area contributed by atoms with Crippen molar-refractivity contribution in [3.8, 4) is 0 Å². The lowest BCUT2D eigenvalue weighted by atomic mass is 9.84. The van der Waals surface area contributed by atoms with Crippen molar-refractivity contribution in [2.75, 3.05) is 0 Å². The van der Waals surface area contributed by atoms with Crippen LogP contribution >= 0.6 is 0 Å². The Labute approximate surface area is 141 Å². The van der Waals surface area contributed by atoms with Gasteiger partial charge in [-0.05, 0) is 54.4 Å². The fourth-order valence-corrected chi connectivity index (χ4v) is 2.10. The van der Waals surface area contributed by atoms with Crippen LogP contribution in [0.15, 0.2) is 24.3 Å². The molecule has 0 spiro atoms. The summed E-state index contributed by atoms with van der Waals surface area (Å²) >= 11 is 0. The number of hydrogen-bond acceptors (Lipinski definition) is 4. The highest BCUT2D eigenvalue weighted by Gasteiger charge is 2.50. The number of allylic oxidation sites excluding steroid dienone is 3. The van der Waals surface area contributed by atoms with Crippen molar-refractivity contribution in [3.63, 3.8) is 0 Å². The molecule has 0 aromatic heterocycles. The molecule has 0 bridgehead atoms. The summed E-state index contributed by atoms with van der Waals surface area (Å²) in [7, 11) is -0.224. The first kappa shape index (κ1) is 20.0. The van der Waals surface area contributed by atoms with Crippen LogP contribution in [0.5, 0.6) is 0 Å². The van der Waals surface area contributed by atoms with Crippen molar-refractivity contribution < 1.29 is 18.8 Å². The van der Waals surface area contributed by atoms with E-state index in [-0.39, 0.29) is 30.2 Å². The van der Waals surface area contributed by atoms with E-state index < -0.39 is 5.60 Å². The van der Waals surface area contributed by atoms with Crippen molar-refractivity contribution in [3.05, 3.63) is 24.3 Å². The number of rotatable bonds is 5. The molecule has 4 nitrogen and oxygen atoms in total. The van der Waals surface area contributed by atoms with Gasteiger partial charge in [0.1, 0.15) is 5.60 Å². The smallest absolute Gasteiger partial charge is 0.457 e. The number of carbonyl (C=O) groups is 1. The minimum atomic E-state index is -0.461. The van der Waals surface area contributed by atoms with Gasteiger partial charge in [0.2, 0.25) is 0 Å². The number of ether oxygens (including phenoxy) is 1. The molecule has 1 rings (SSSR count). The van der Waals surface area contributed by atoms with E-state index in [0.29, 0.717) is 6.32 Å². The minimum absolute atomic E-state index is 0.143. The molecule has 0 saturated carbocycles. The zero-order valence-electron chi connectivity index (χ0n) is 15.8. The van der Waals surface area contributed by atoms with Crippen molar-refractivity contribution in [1.82, 2.24) is 0 Å². The van der Waals surface area contributed by atoms with E-state index in [2.05, 4.69) is 0 Å². The standard InChI is InChI=1S/C18H31BO4/c1-14(11-12-15(20)21-16(2,3)4)10-9-13-19-22-17(5,6)18(7,8)23-19/h9-12,14H,13H2,1-8H3/b10-9-,12-11+. The fraction of sp³-hybridized carbons (Fsp3) is 0.722. The van der Waals surface area contributed by atoms with Crippen LogP contribution in [0.25, 0.3) is 0 Å². The molecule has 0 amide bonds. The van der Waals surface area contributed by atoms with Gasteiger partial charge in [-0.25, -0.2) is 4.79 Å². The van der Waals surface area contributed by atoms with Gasteiger partial charge in [0.05, 0.1) is 11.2 Å². The minimum Gasteiger partial charge on any atom is -0.457 e. The largest absolute Gasteiger partial charge is 0.461 e. The Morgan fingerprint density at radius 3 is 2.13 bits per heavy atom. The third-order valence-corrected chi connectivity index (χ3v) is 4.01. The van der Waals surface area contributed by atoms with E-state index in [1.807, 2.05) is 73.6 Å². The lowest BCUT2D eigenvalue weighted by Crippen LogP contribution is -2.41. The molecule has 1 unspecified atom stereocenters. The van der Waals surface area contributed by atoms with Gasteiger partial charge < -0.3 is 14.0 Å². The van der Waals surface area contributed by atoms with Gasteiger partial charge in [0, 0.05) is 12.4 Å². The monoisotopic (exact) mass is 322 g/mol. The maximum Gasteiger partial charge on any atom is 0.461 e. The predicted octanol–water partition coefficient (Wildman–Crippen LogP) is 4.17.